The summed E-state index contributed by atoms with van der Waals surface area (Å²) in [5.74, 6) is 0. The van der Waals surface area contributed by atoms with Crippen molar-refractivity contribution in [1.29, 1.82) is 0 Å². The molecular formula is C85H54BN3. The molecule has 3 nitrogen and oxygen atoms in total. The number of benzene rings is 14. The van der Waals surface area contributed by atoms with E-state index >= 15 is 0 Å². The molecule has 89 heavy (non-hydrogen) atoms. The highest BCUT2D eigenvalue weighted by atomic mass is 15.2. The SMILES string of the molecule is c1ccc(-c2ccc(N3c4ccc(-c5ccccc5)cc4B4c5cc(-c6ccccc6)ccc5N(c5ccc6c(c5)-c5cc(-c7ccccc7)ccc5C65c6ccccc6-c6ccccc65)c5cc(-n6c7ccccc7c7ccccc76)cc3c54)cc2)cc1. The van der Waals surface area contributed by atoms with Gasteiger partial charge in [-0.1, -0.05) is 261 Å². The van der Waals surface area contributed by atoms with E-state index in [1.165, 1.54) is 127 Å². The molecule has 15 aromatic rings. The van der Waals surface area contributed by atoms with Crippen LogP contribution >= 0.6 is 0 Å². The maximum Gasteiger partial charge on any atom is 0.252 e. The van der Waals surface area contributed by atoms with Crippen LogP contribution in [0, 0.1) is 0 Å². The summed E-state index contributed by atoms with van der Waals surface area (Å²) in [5, 5.41) is 2.46. The summed E-state index contributed by atoms with van der Waals surface area (Å²) in [5.41, 5.74) is 33.4. The van der Waals surface area contributed by atoms with Crippen LogP contribution < -0.4 is 26.2 Å². The fourth-order valence-corrected chi connectivity index (χ4v) is 16.0. The van der Waals surface area contributed by atoms with Crippen LogP contribution in [-0.4, -0.2) is 11.3 Å². The van der Waals surface area contributed by atoms with E-state index in [-0.39, 0.29) is 6.71 Å². The number of para-hydroxylation sites is 2. The largest absolute Gasteiger partial charge is 0.311 e. The quantitative estimate of drug-likeness (QED) is 0.147. The normalized spacial score (nSPS) is 13.4. The van der Waals surface area contributed by atoms with Crippen molar-refractivity contribution in [3.63, 3.8) is 0 Å². The van der Waals surface area contributed by atoms with Gasteiger partial charge >= 0.3 is 0 Å². The van der Waals surface area contributed by atoms with Gasteiger partial charge in [0.15, 0.2) is 0 Å². The fourth-order valence-electron chi connectivity index (χ4n) is 16.0. The first kappa shape index (κ1) is 49.8. The fraction of sp³-hybridized carbons (Fsp3) is 0.0118. The average Bonchev–Trinajstić information content (AvgIpc) is 1.71. The highest BCUT2D eigenvalue weighted by Gasteiger charge is 2.52. The molecule has 4 heteroatoms. The molecule has 0 N–H and O–H groups in total. The number of aromatic nitrogens is 1. The van der Waals surface area contributed by atoms with Crippen LogP contribution in [0.2, 0.25) is 0 Å². The molecule has 0 bridgehead atoms. The first-order valence-electron chi connectivity index (χ1n) is 31.0. The minimum absolute atomic E-state index is 0.154. The van der Waals surface area contributed by atoms with Crippen molar-refractivity contribution in [2.45, 2.75) is 5.41 Å². The molecule has 0 fully saturated rings. The third-order valence-corrected chi connectivity index (χ3v) is 19.8. The second-order valence-corrected chi connectivity index (χ2v) is 24.3. The van der Waals surface area contributed by atoms with E-state index in [4.69, 9.17) is 0 Å². The first-order chi connectivity index (χ1) is 44.2. The Balaban J connectivity index is 0.928. The highest BCUT2D eigenvalue weighted by Crippen LogP contribution is 2.64. The minimum atomic E-state index is -0.520. The summed E-state index contributed by atoms with van der Waals surface area (Å²) in [6.45, 7) is -0.154. The van der Waals surface area contributed by atoms with Gasteiger partial charge in [-0.05, 0) is 172 Å². The van der Waals surface area contributed by atoms with E-state index in [2.05, 4.69) is 342 Å². The summed E-state index contributed by atoms with van der Waals surface area (Å²) < 4.78 is 2.51. The van der Waals surface area contributed by atoms with Gasteiger partial charge in [-0.2, -0.15) is 0 Å². The molecule has 2 aliphatic heterocycles. The summed E-state index contributed by atoms with van der Waals surface area (Å²) >= 11 is 0. The van der Waals surface area contributed by atoms with Crippen molar-refractivity contribution >= 4 is 79.0 Å². The lowest BCUT2D eigenvalue weighted by Crippen LogP contribution is -2.61. The van der Waals surface area contributed by atoms with E-state index < -0.39 is 5.41 Å². The van der Waals surface area contributed by atoms with Crippen LogP contribution in [0.5, 0.6) is 0 Å². The smallest absolute Gasteiger partial charge is 0.252 e. The number of hydrogen-bond donors (Lipinski definition) is 0. The van der Waals surface area contributed by atoms with Crippen LogP contribution in [0.25, 0.3) is 94.3 Å². The Morgan fingerprint density at radius 3 is 1.13 bits per heavy atom. The van der Waals surface area contributed by atoms with E-state index in [1.807, 2.05) is 0 Å². The molecule has 4 aliphatic rings. The van der Waals surface area contributed by atoms with Crippen LogP contribution in [0.3, 0.4) is 0 Å². The van der Waals surface area contributed by atoms with Crippen molar-refractivity contribution in [3.8, 4) is 72.4 Å². The lowest BCUT2D eigenvalue weighted by Gasteiger charge is -2.45. The third kappa shape index (κ3) is 7.23. The second kappa shape index (κ2) is 19.3. The molecule has 412 valence electrons. The van der Waals surface area contributed by atoms with E-state index in [0.29, 0.717) is 0 Å². The van der Waals surface area contributed by atoms with Gasteiger partial charge < -0.3 is 14.4 Å². The van der Waals surface area contributed by atoms with Crippen molar-refractivity contribution < 1.29 is 0 Å². The third-order valence-electron chi connectivity index (χ3n) is 19.8. The molecule has 0 saturated carbocycles. The Morgan fingerprint density at radius 2 is 0.607 bits per heavy atom. The van der Waals surface area contributed by atoms with E-state index in [9.17, 15) is 0 Å². The predicted molar refractivity (Wildman–Crippen MR) is 373 cm³/mol. The molecular weight excluding hydrogens is 1070 g/mol. The number of rotatable bonds is 7. The number of hydrogen-bond acceptors (Lipinski definition) is 2. The minimum Gasteiger partial charge on any atom is -0.311 e. The Labute approximate surface area is 518 Å². The van der Waals surface area contributed by atoms with Gasteiger partial charge in [-0.25, -0.2) is 0 Å². The maximum absolute atomic E-state index is 2.63. The molecule has 0 unspecified atom stereocenters. The maximum atomic E-state index is 2.63. The Bertz CT molecular complexity index is 5280. The van der Waals surface area contributed by atoms with Gasteiger partial charge in [0.25, 0.3) is 6.71 Å². The number of anilines is 6. The lowest BCUT2D eigenvalue weighted by molar-refractivity contribution is 0.794. The molecule has 0 atom stereocenters. The van der Waals surface area contributed by atoms with Gasteiger partial charge in [0.05, 0.1) is 22.1 Å². The van der Waals surface area contributed by atoms with Gasteiger partial charge in [0, 0.05) is 44.9 Å². The Kier molecular flexibility index (Phi) is 10.8. The molecule has 1 aromatic heterocycles. The molecule has 14 aromatic carbocycles. The zero-order valence-electron chi connectivity index (χ0n) is 48.6. The summed E-state index contributed by atoms with van der Waals surface area (Å²) in [6, 6.07) is 123. The summed E-state index contributed by atoms with van der Waals surface area (Å²) in [7, 11) is 0. The van der Waals surface area contributed by atoms with Gasteiger partial charge in [-0.3, -0.25) is 0 Å². The van der Waals surface area contributed by atoms with Gasteiger partial charge in [0.1, 0.15) is 0 Å². The molecule has 1 spiro atoms. The van der Waals surface area contributed by atoms with Gasteiger partial charge in [-0.15, -0.1) is 0 Å². The van der Waals surface area contributed by atoms with Crippen LogP contribution in [0.4, 0.5) is 34.1 Å². The van der Waals surface area contributed by atoms with Crippen LogP contribution in [0.15, 0.2) is 328 Å². The Hall–Kier alpha value is -11.5. The highest BCUT2D eigenvalue weighted by molar-refractivity contribution is 7.00. The van der Waals surface area contributed by atoms with Crippen LogP contribution in [-0.2, 0) is 5.41 Å². The monoisotopic (exact) mass is 1130 g/mol. The van der Waals surface area contributed by atoms with Crippen molar-refractivity contribution in [1.82, 2.24) is 4.57 Å². The topological polar surface area (TPSA) is 11.4 Å². The predicted octanol–water partition coefficient (Wildman–Crippen LogP) is 19.9. The van der Waals surface area contributed by atoms with Crippen molar-refractivity contribution in [3.05, 3.63) is 350 Å². The van der Waals surface area contributed by atoms with Crippen molar-refractivity contribution in [2.75, 3.05) is 9.80 Å². The second-order valence-electron chi connectivity index (χ2n) is 24.3. The summed E-state index contributed by atoms with van der Waals surface area (Å²) in [6.07, 6.45) is 0. The zero-order chi connectivity index (χ0) is 58.3. The van der Waals surface area contributed by atoms with Crippen LogP contribution in [0.1, 0.15) is 22.3 Å². The molecule has 3 heterocycles. The average molecular weight is 1130 g/mol. The van der Waals surface area contributed by atoms with E-state index in [0.717, 1.165) is 39.8 Å². The molecule has 0 radical (unpaired) electrons. The molecule has 2 aliphatic carbocycles. The van der Waals surface area contributed by atoms with Crippen molar-refractivity contribution in [2.24, 2.45) is 0 Å². The molecule has 19 rings (SSSR count). The number of fused-ring (bicyclic) bond motifs is 17. The van der Waals surface area contributed by atoms with E-state index in [1.54, 1.807) is 0 Å². The molecule has 0 saturated heterocycles. The van der Waals surface area contributed by atoms with Gasteiger partial charge in [0.2, 0.25) is 0 Å². The molecule has 0 amide bonds. The Morgan fingerprint density at radius 1 is 0.236 bits per heavy atom. The zero-order valence-corrected chi connectivity index (χ0v) is 48.6. The lowest BCUT2D eigenvalue weighted by atomic mass is 9.33. The number of nitrogens with zero attached hydrogens (tertiary/aromatic N) is 3. The summed E-state index contributed by atoms with van der Waals surface area (Å²) in [4.78, 5) is 5.20. The standard InChI is InChI=1S/C85H54BN3/c1-5-21-55(22-6-1)59-37-42-63(43-38-59)87-80-47-40-61(57-25-9-3-10-26-57)50-76(80)86-77-51-62(58-27-11-4-12-28-58)41-48-81(77)88(83-54-65(53-82(87)84(83)86)89-78-35-19-15-31-68(78)69-32-16-20-36-79(69)89)64-44-46-75-71(52-64)70-49-60(56-23-7-2-8-24-56)39-45-74(70)85(75)72-33-17-13-29-66(72)67-30-14-18-34-73(67)85/h1-54H. The first-order valence-corrected chi connectivity index (χ1v) is 31.0.